The number of nitro groups is 1. The smallest absolute Gasteiger partial charge is 0.390 e. The molecular formula is C10H11ClN4O2. The summed E-state index contributed by atoms with van der Waals surface area (Å²) >= 11 is 0. The molecule has 0 amide bonds. The van der Waals surface area contributed by atoms with Crippen LogP contribution in [0, 0.1) is 10.1 Å². The summed E-state index contributed by atoms with van der Waals surface area (Å²) in [5.41, 5.74) is 7.95. The average molecular weight is 255 g/mol. The van der Waals surface area contributed by atoms with E-state index in [0.717, 1.165) is 11.1 Å². The van der Waals surface area contributed by atoms with Crippen molar-refractivity contribution in [2.45, 2.75) is 6.54 Å². The zero-order valence-corrected chi connectivity index (χ0v) is 9.61. The Morgan fingerprint density at radius 1 is 1.35 bits per heavy atom. The van der Waals surface area contributed by atoms with Crippen LogP contribution in [0.1, 0.15) is 5.56 Å². The van der Waals surface area contributed by atoms with Gasteiger partial charge in [-0.1, -0.05) is 29.2 Å². The first-order valence-corrected chi connectivity index (χ1v) is 4.69. The first kappa shape index (κ1) is 13.1. The topological polar surface area (TPSA) is 97.8 Å². The number of halogens is 1. The Labute approximate surface area is 103 Å². The van der Waals surface area contributed by atoms with Crippen LogP contribution in [0.4, 0.5) is 5.95 Å². The molecule has 2 rings (SSSR count). The van der Waals surface area contributed by atoms with Gasteiger partial charge in [-0.15, -0.1) is 12.4 Å². The molecule has 1 aromatic carbocycles. The largest absolute Gasteiger partial charge is 0.432 e. The highest BCUT2D eigenvalue weighted by molar-refractivity contribution is 5.85. The Morgan fingerprint density at radius 2 is 2.00 bits per heavy atom. The number of benzene rings is 1. The highest BCUT2D eigenvalue weighted by atomic mass is 35.5. The van der Waals surface area contributed by atoms with Gasteiger partial charge in [0.25, 0.3) is 0 Å². The molecule has 0 fully saturated rings. The van der Waals surface area contributed by atoms with Gasteiger partial charge in [0, 0.05) is 12.1 Å². The number of imidazole rings is 1. The molecule has 0 aliphatic carbocycles. The zero-order chi connectivity index (χ0) is 11.5. The summed E-state index contributed by atoms with van der Waals surface area (Å²) in [4.78, 5) is 16.2. The van der Waals surface area contributed by atoms with Gasteiger partial charge in [0.1, 0.15) is 11.9 Å². The summed E-state index contributed by atoms with van der Waals surface area (Å²) in [7, 11) is 0. The lowest BCUT2D eigenvalue weighted by molar-refractivity contribution is -0.393. The maximum atomic E-state index is 10.4. The third-order valence-corrected chi connectivity index (χ3v) is 2.24. The summed E-state index contributed by atoms with van der Waals surface area (Å²) in [6.07, 6.45) is 1.44. The molecule has 90 valence electrons. The number of nitrogens with two attached hydrogens (primary N) is 1. The maximum Gasteiger partial charge on any atom is 0.432 e. The van der Waals surface area contributed by atoms with E-state index in [0.29, 0.717) is 12.2 Å². The summed E-state index contributed by atoms with van der Waals surface area (Å²) in [6, 6.07) is 7.45. The Kier molecular flexibility index (Phi) is 4.19. The van der Waals surface area contributed by atoms with Crippen LogP contribution >= 0.6 is 12.4 Å². The quantitative estimate of drug-likeness (QED) is 0.645. The van der Waals surface area contributed by atoms with E-state index in [4.69, 9.17) is 5.73 Å². The molecule has 0 unspecified atom stereocenters. The number of hydrogen-bond donors (Lipinski definition) is 2. The van der Waals surface area contributed by atoms with Crippen molar-refractivity contribution in [3.05, 3.63) is 46.1 Å². The lowest BCUT2D eigenvalue weighted by Gasteiger charge is -1.97. The minimum absolute atomic E-state index is 0. The minimum atomic E-state index is -0.558. The van der Waals surface area contributed by atoms with Gasteiger partial charge < -0.3 is 15.8 Å². The predicted octanol–water partition coefficient (Wildman–Crippen LogP) is 1.87. The van der Waals surface area contributed by atoms with Crippen LogP contribution in [0.2, 0.25) is 0 Å². The molecule has 17 heavy (non-hydrogen) atoms. The molecule has 0 aliphatic rings. The summed E-state index contributed by atoms with van der Waals surface area (Å²) < 4.78 is 0. The number of rotatable bonds is 3. The first-order valence-electron chi connectivity index (χ1n) is 4.69. The standard InChI is InChI=1S/C10H10N4O2.ClH/c11-5-7-1-3-8(4-2-7)9-6-12-10(13-9)14(15)16;/h1-4,6H,5,11H2,(H,12,13);1H. The van der Waals surface area contributed by atoms with Crippen molar-refractivity contribution in [2.24, 2.45) is 5.73 Å². The van der Waals surface area contributed by atoms with Gasteiger partial charge in [-0.25, -0.2) is 4.98 Å². The van der Waals surface area contributed by atoms with Crippen LogP contribution in [-0.2, 0) is 6.54 Å². The molecule has 1 heterocycles. The van der Waals surface area contributed by atoms with E-state index >= 15 is 0 Å². The fraction of sp³-hybridized carbons (Fsp3) is 0.100. The number of H-pyrrole nitrogens is 1. The van der Waals surface area contributed by atoms with Crippen LogP contribution in [0.3, 0.4) is 0 Å². The van der Waals surface area contributed by atoms with E-state index in [1.807, 2.05) is 24.3 Å². The van der Waals surface area contributed by atoms with Crippen molar-refractivity contribution < 1.29 is 4.92 Å². The van der Waals surface area contributed by atoms with Gasteiger partial charge in [-0.2, -0.15) is 0 Å². The van der Waals surface area contributed by atoms with Crippen LogP contribution in [-0.4, -0.2) is 14.9 Å². The van der Waals surface area contributed by atoms with Crippen molar-refractivity contribution in [2.75, 3.05) is 0 Å². The van der Waals surface area contributed by atoms with E-state index in [1.165, 1.54) is 6.20 Å². The second kappa shape index (κ2) is 5.42. The van der Waals surface area contributed by atoms with Crippen molar-refractivity contribution in [1.29, 1.82) is 0 Å². The number of aromatic amines is 1. The lowest BCUT2D eigenvalue weighted by atomic mass is 10.1. The van der Waals surface area contributed by atoms with Crippen molar-refractivity contribution in [3.63, 3.8) is 0 Å². The molecule has 0 saturated carbocycles. The SMILES string of the molecule is Cl.NCc1ccc(-c2cnc([N+](=O)[O-])[nH]2)cc1. The minimum Gasteiger partial charge on any atom is -0.390 e. The maximum absolute atomic E-state index is 10.4. The Hall–Kier alpha value is -1.92. The van der Waals surface area contributed by atoms with Crippen LogP contribution < -0.4 is 5.73 Å². The Balaban J connectivity index is 0.00000144. The number of aromatic nitrogens is 2. The van der Waals surface area contributed by atoms with Gasteiger partial charge in [-0.05, 0) is 10.5 Å². The number of nitrogens with one attached hydrogen (secondary N) is 1. The monoisotopic (exact) mass is 254 g/mol. The van der Waals surface area contributed by atoms with E-state index in [1.54, 1.807) is 0 Å². The molecule has 6 nitrogen and oxygen atoms in total. The van der Waals surface area contributed by atoms with Gasteiger partial charge in [-0.3, -0.25) is 0 Å². The third-order valence-electron chi connectivity index (χ3n) is 2.24. The first-order chi connectivity index (χ1) is 7.70. The predicted molar refractivity (Wildman–Crippen MR) is 65.8 cm³/mol. The second-order valence-electron chi connectivity index (χ2n) is 3.28. The fourth-order valence-corrected chi connectivity index (χ4v) is 1.37. The van der Waals surface area contributed by atoms with Crippen molar-refractivity contribution in [1.82, 2.24) is 9.97 Å². The molecule has 7 heteroatoms. The normalized spacial score (nSPS) is 9.71. The van der Waals surface area contributed by atoms with Crippen LogP contribution in [0.25, 0.3) is 11.3 Å². The van der Waals surface area contributed by atoms with Crippen molar-refractivity contribution in [3.8, 4) is 11.3 Å². The highest BCUT2D eigenvalue weighted by Gasteiger charge is 2.11. The molecule has 3 N–H and O–H groups in total. The molecule has 0 saturated heterocycles. The summed E-state index contributed by atoms with van der Waals surface area (Å²) in [5.74, 6) is -0.252. The van der Waals surface area contributed by atoms with E-state index in [-0.39, 0.29) is 18.4 Å². The molecule has 0 atom stereocenters. The van der Waals surface area contributed by atoms with Gasteiger partial charge in [0.15, 0.2) is 0 Å². The van der Waals surface area contributed by atoms with Gasteiger partial charge >= 0.3 is 5.95 Å². The molecule has 0 bridgehead atoms. The van der Waals surface area contributed by atoms with Crippen LogP contribution in [0.5, 0.6) is 0 Å². The molecule has 0 aliphatic heterocycles. The lowest BCUT2D eigenvalue weighted by Crippen LogP contribution is -1.95. The summed E-state index contributed by atoms with van der Waals surface area (Å²) in [5, 5.41) is 10.4. The number of nitrogens with zero attached hydrogens (tertiary/aromatic N) is 2. The Bertz CT molecular complexity index is 509. The van der Waals surface area contributed by atoms with E-state index < -0.39 is 4.92 Å². The highest BCUT2D eigenvalue weighted by Crippen LogP contribution is 2.19. The fourth-order valence-electron chi connectivity index (χ4n) is 1.37. The molecule has 1 aromatic heterocycles. The van der Waals surface area contributed by atoms with E-state index in [2.05, 4.69) is 9.97 Å². The second-order valence-corrected chi connectivity index (χ2v) is 3.28. The zero-order valence-electron chi connectivity index (χ0n) is 8.79. The average Bonchev–Trinajstić information content (AvgIpc) is 2.78. The van der Waals surface area contributed by atoms with Gasteiger partial charge in [0.2, 0.25) is 0 Å². The Morgan fingerprint density at radius 3 is 2.47 bits per heavy atom. The number of hydrogen-bond acceptors (Lipinski definition) is 4. The van der Waals surface area contributed by atoms with Crippen LogP contribution in [0.15, 0.2) is 30.5 Å². The molecule has 2 aromatic rings. The summed E-state index contributed by atoms with van der Waals surface area (Å²) in [6.45, 7) is 0.476. The molecule has 0 radical (unpaired) electrons. The van der Waals surface area contributed by atoms with Crippen molar-refractivity contribution >= 4 is 18.4 Å². The van der Waals surface area contributed by atoms with E-state index in [9.17, 15) is 10.1 Å². The van der Waals surface area contributed by atoms with Gasteiger partial charge in [0.05, 0.1) is 0 Å². The molecule has 0 spiro atoms. The third kappa shape index (κ3) is 2.80. The molecular weight excluding hydrogens is 244 g/mol.